The van der Waals surface area contributed by atoms with Crippen molar-refractivity contribution in [2.45, 2.75) is 0 Å². The zero-order valence-electron chi connectivity index (χ0n) is 9.78. The predicted octanol–water partition coefficient (Wildman–Crippen LogP) is 2.35. The fourth-order valence-corrected chi connectivity index (χ4v) is 1.38. The van der Waals surface area contributed by atoms with Crippen molar-refractivity contribution in [3.8, 4) is 11.5 Å². The fraction of sp³-hybridized carbons (Fsp3) is 0.143. The van der Waals surface area contributed by atoms with E-state index < -0.39 is 0 Å². The Morgan fingerprint density at radius 3 is 2.28 bits per heavy atom. The summed E-state index contributed by atoms with van der Waals surface area (Å²) in [4.78, 5) is 14.3. The van der Waals surface area contributed by atoms with Gasteiger partial charge in [-0.15, -0.1) is 0 Å². The molecule has 0 N–H and O–H groups in total. The van der Waals surface area contributed by atoms with Crippen LogP contribution < -0.4 is 9.47 Å². The molecule has 0 amide bonds. The van der Waals surface area contributed by atoms with Gasteiger partial charge in [0.1, 0.15) is 30.4 Å². The van der Waals surface area contributed by atoms with Gasteiger partial charge in [-0.2, -0.15) is 0 Å². The largest absolute Gasteiger partial charge is 0.490 e. The number of aldehydes is 1. The number of rotatable bonds is 6. The minimum Gasteiger partial charge on any atom is -0.490 e. The van der Waals surface area contributed by atoms with E-state index in [1.165, 1.54) is 6.20 Å². The molecule has 2 rings (SSSR count). The Morgan fingerprint density at radius 1 is 0.944 bits per heavy atom. The second kappa shape index (κ2) is 6.39. The molecule has 0 saturated carbocycles. The Kier molecular flexibility index (Phi) is 4.30. The molecule has 4 nitrogen and oxygen atoms in total. The summed E-state index contributed by atoms with van der Waals surface area (Å²) >= 11 is 0. The van der Waals surface area contributed by atoms with Crippen molar-refractivity contribution in [1.82, 2.24) is 4.98 Å². The van der Waals surface area contributed by atoms with Crippen LogP contribution in [0.15, 0.2) is 48.7 Å². The second-order valence-electron chi connectivity index (χ2n) is 3.55. The molecule has 0 saturated heterocycles. The predicted molar refractivity (Wildman–Crippen MR) is 67.1 cm³/mol. The van der Waals surface area contributed by atoms with Gasteiger partial charge in [0.15, 0.2) is 6.29 Å². The molecule has 4 heteroatoms. The lowest BCUT2D eigenvalue weighted by atomic mass is 10.3. The number of carbonyl (C=O) groups is 1. The lowest BCUT2D eigenvalue weighted by Gasteiger charge is -2.07. The maximum Gasteiger partial charge on any atom is 0.168 e. The number of nitrogens with zero attached hydrogens (tertiary/aromatic N) is 1. The highest BCUT2D eigenvalue weighted by molar-refractivity contribution is 5.71. The molecular formula is C14H13NO3. The van der Waals surface area contributed by atoms with Crippen LogP contribution in [0.1, 0.15) is 10.5 Å². The third kappa shape index (κ3) is 3.59. The van der Waals surface area contributed by atoms with E-state index in [1.807, 2.05) is 30.3 Å². The number of para-hydroxylation sites is 1. The number of hydrogen-bond acceptors (Lipinski definition) is 4. The van der Waals surface area contributed by atoms with Crippen molar-refractivity contribution in [3.63, 3.8) is 0 Å². The summed E-state index contributed by atoms with van der Waals surface area (Å²) in [7, 11) is 0. The normalized spacial score (nSPS) is 9.78. The summed E-state index contributed by atoms with van der Waals surface area (Å²) in [5.41, 5.74) is 0.392. The first-order valence-corrected chi connectivity index (χ1v) is 5.60. The molecule has 0 unspecified atom stereocenters. The smallest absolute Gasteiger partial charge is 0.168 e. The molecule has 0 aliphatic carbocycles. The van der Waals surface area contributed by atoms with E-state index in [-0.39, 0.29) is 0 Å². The average molecular weight is 243 g/mol. The van der Waals surface area contributed by atoms with Crippen molar-refractivity contribution in [3.05, 3.63) is 54.4 Å². The number of benzene rings is 1. The minimum absolute atomic E-state index is 0.392. The third-order valence-corrected chi connectivity index (χ3v) is 2.24. The molecule has 92 valence electrons. The molecule has 0 spiro atoms. The van der Waals surface area contributed by atoms with Gasteiger partial charge in [0.05, 0.1) is 6.20 Å². The molecule has 0 bridgehead atoms. The van der Waals surface area contributed by atoms with Gasteiger partial charge >= 0.3 is 0 Å². The lowest BCUT2D eigenvalue weighted by Crippen LogP contribution is -2.09. The van der Waals surface area contributed by atoms with Crippen LogP contribution in [0.5, 0.6) is 11.5 Å². The molecule has 0 aliphatic rings. The van der Waals surface area contributed by atoms with Gasteiger partial charge in [-0.25, -0.2) is 4.98 Å². The van der Waals surface area contributed by atoms with Crippen LogP contribution in [0.4, 0.5) is 0 Å². The Bertz CT molecular complexity index is 482. The number of ether oxygens (including phenoxy) is 2. The van der Waals surface area contributed by atoms with Crippen molar-refractivity contribution >= 4 is 6.29 Å². The van der Waals surface area contributed by atoms with Gasteiger partial charge in [-0.3, -0.25) is 4.79 Å². The monoisotopic (exact) mass is 243 g/mol. The first-order chi connectivity index (χ1) is 8.88. The van der Waals surface area contributed by atoms with Crippen LogP contribution in [-0.2, 0) is 0 Å². The van der Waals surface area contributed by atoms with Crippen molar-refractivity contribution in [2.75, 3.05) is 13.2 Å². The summed E-state index contributed by atoms with van der Waals surface area (Å²) in [6.07, 6.45) is 2.22. The quantitative estimate of drug-likeness (QED) is 0.577. The van der Waals surface area contributed by atoms with E-state index in [2.05, 4.69) is 4.98 Å². The molecule has 1 heterocycles. The van der Waals surface area contributed by atoms with Gasteiger partial charge < -0.3 is 9.47 Å². The van der Waals surface area contributed by atoms with E-state index in [4.69, 9.17) is 9.47 Å². The Labute approximate surface area is 105 Å². The Balaban J connectivity index is 1.73. The van der Waals surface area contributed by atoms with Crippen LogP contribution in [0, 0.1) is 0 Å². The zero-order valence-corrected chi connectivity index (χ0v) is 9.78. The van der Waals surface area contributed by atoms with Crippen molar-refractivity contribution in [2.24, 2.45) is 0 Å². The van der Waals surface area contributed by atoms with E-state index >= 15 is 0 Å². The van der Waals surface area contributed by atoms with Crippen LogP contribution in [0.3, 0.4) is 0 Å². The van der Waals surface area contributed by atoms with E-state index in [1.54, 1.807) is 12.1 Å². The van der Waals surface area contributed by atoms with Crippen LogP contribution >= 0.6 is 0 Å². The highest BCUT2D eigenvalue weighted by Gasteiger charge is 1.96. The lowest BCUT2D eigenvalue weighted by molar-refractivity contribution is 0.111. The van der Waals surface area contributed by atoms with Crippen LogP contribution in [0.2, 0.25) is 0 Å². The first kappa shape index (κ1) is 12.1. The Hall–Kier alpha value is -2.36. The maximum absolute atomic E-state index is 10.4. The number of hydrogen-bond donors (Lipinski definition) is 0. The third-order valence-electron chi connectivity index (χ3n) is 2.24. The molecule has 18 heavy (non-hydrogen) atoms. The topological polar surface area (TPSA) is 48.4 Å². The SMILES string of the molecule is O=Cc1ccc(OCCOc2ccccc2)cn1. The van der Waals surface area contributed by atoms with Crippen molar-refractivity contribution < 1.29 is 14.3 Å². The minimum atomic E-state index is 0.392. The van der Waals surface area contributed by atoms with Gasteiger partial charge in [0, 0.05) is 0 Å². The van der Waals surface area contributed by atoms with Crippen LogP contribution in [0.25, 0.3) is 0 Å². The van der Waals surface area contributed by atoms with Gasteiger partial charge in [0.2, 0.25) is 0 Å². The number of carbonyl (C=O) groups excluding carboxylic acids is 1. The van der Waals surface area contributed by atoms with E-state index in [9.17, 15) is 4.79 Å². The number of aromatic nitrogens is 1. The van der Waals surface area contributed by atoms with E-state index in [0.717, 1.165) is 5.75 Å². The summed E-state index contributed by atoms with van der Waals surface area (Å²) in [5, 5.41) is 0. The average Bonchev–Trinajstić information content (AvgIpc) is 2.45. The summed E-state index contributed by atoms with van der Waals surface area (Å²) in [6.45, 7) is 0.885. The maximum atomic E-state index is 10.4. The molecular weight excluding hydrogens is 230 g/mol. The molecule has 1 aromatic heterocycles. The fourth-order valence-electron chi connectivity index (χ4n) is 1.38. The molecule has 1 aromatic carbocycles. The Morgan fingerprint density at radius 2 is 1.67 bits per heavy atom. The van der Waals surface area contributed by atoms with E-state index in [0.29, 0.717) is 30.9 Å². The van der Waals surface area contributed by atoms with Crippen LogP contribution in [-0.4, -0.2) is 24.5 Å². The van der Waals surface area contributed by atoms with Crippen molar-refractivity contribution in [1.29, 1.82) is 0 Å². The van der Waals surface area contributed by atoms with Gasteiger partial charge in [0.25, 0.3) is 0 Å². The molecule has 0 fully saturated rings. The highest BCUT2D eigenvalue weighted by Crippen LogP contribution is 2.10. The molecule has 2 aromatic rings. The standard InChI is InChI=1S/C14H13NO3/c16-11-12-6-7-14(10-15-12)18-9-8-17-13-4-2-1-3-5-13/h1-7,10-11H,8-9H2. The number of pyridine rings is 1. The van der Waals surface area contributed by atoms with Gasteiger partial charge in [-0.05, 0) is 24.3 Å². The molecule has 0 radical (unpaired) electrons. The van der Waals surface area contributed by atoms with Gasteiger partial charge in [-0.1, -0.05) is 18.2 Å². The summed E-state index contributed by atoms with van der Waals surface area (Å²) in [5.74, 6) is 1.44. The highest BCUT2D eigenvalue weighted by atomic mass is 16.5. The molecule has 0 atom stereocenters. The zero-order chi connectivity index (χ0) is 12.6. The first-order valence-electron chi connectivity index (χ1n) is 5.60. The molecule has 0 aliphatic heterocycles. The summed E-state index contributed by atoms with van der Waals surface area (Å²) in [6, 6.07) is 12.9. The summed E-state index contributed by atoms with van der Waals surface area (Å²) < 4.78 is 10.9. The second-order valence-corrected chi connectivity index (χ2v) is 3.55.